The Morgan fingerprint density at radius 2 is 1.78 bits per heavy atom. The third-order valence-electron chi connectivity index (χ3n) is 0.684. The molecule has 56 valence electrons. The first-order chi connectivity index (χ1) is 3.98. The van der Waals surface area contributed by atoms with E-state index >= 15 is 0 Å². The van der Waals surface area contributed by atoms with Gasteiger partial charge in [0, 0.05) is 6.42 Å². The maximum Gasteiger partial charge on any atom is 0.143 e. The second-order valence-electron chi connectivity index (χ2n) is 1.61. The Kier molecular flexibility index (Phi) is 4.60. The van der Waals surface area contributed by atoms with Crippen molar-refractivity contribution in [1.82, 2.24) is 0 Å². The topological polar surface area (TPSA) is 20.2 Å². The number of rotatable bonds is 3. The highest BCUT2D eigenvalue weighted by atomic mass is 35.5. The summed E-state index contributed by atoms with van der Waals surface area (Å²) in [6.07, 6.45) is 0.162. The minimum Gasteiger partial charge on any atom is -0.393 e. The van der Waals surface area contributed by atoms with Crippen LogP contribution in [0.4, 0.5) is 0 Å². The van der Waals surface area contributed by atoms with Gasteiger partial charge >= 0.3 is 0 Å². The van der Waals surface area contributed by atoms with Crippen molar-refractivity contribution < 1.29 is 5.11 Å². The Labute approximate surface area is 73.8 Å². The minimum atomic E-state index is -1.20. The third kappa shape index (κ3) is 5.56. The molecule has 1 nitrogen and oxygen atoms in total. The van der Waals surface area contributed by atoms with E-state index in [-0.39, 0.29) is 13.0 Å². The second kappa shape index (κ2) is 4.09. The van der Waals surface area contributed by atoms with Crippen molar-refractivity contribution in [2.75, 3.05) is 6.61 Å². The molecule has 5 heteroatoms. The largest absolute Gasteiger partial charge is 0.393 e. The van der Waals surface area contributed by atoms with Crippen LogP contribution in [0.3, 0.4) is 0 Å². The summed E-state index contributed by atoms with van der Waals surface area (Å²) in [6, 6.07) is 0. The molecule has 0 fully saturated rings. The van der Waals surface area contributed by atoms with Gasteiger partial charge in [0.2, 0.25) is 0 Å². The first-order valence-corrected chi connectivity index (χ1v) is 3.87. The van der Waals surface area contributed by atoms with E-state index in [9.17, 15) is 0 Å². The average Bonchev–Trinajstić information content (AvgIpc) is 1.63. The van der Waals surface area contributed by atoms with Gasteiger partial charge in [-0.2, -0.15) is 0 Å². The van der Waals surface area contributed by atoms with Crippen LogP contribution in [0.2, 0.25) is 0 Å². The molecule has 0 aliphatic rings. The van der Waals surface area contributed by atoms with Crippen molar-refractivity contribution in [2.24, 2.45) is 0 Å². The van der Waals surface area contributed by atoms with Crippen LogP contribution in [0.5, 0.6) is 0 Å². The standard InChI is InChI=1S/C4H6Cl4O/c5-3(6)1-4(7,8)2-9/h3,9H,1-2H2. The lowest BCUT2D eigenvalue weighted by Gasteiger charge is -2.15. The molecule has 0 aromatic rings. The van der Waals surface area contributed by atoms with E-state index in [0.29, 0.717) is 0 Å². The lowest BCUT2D eigenvalue weighted by Crippen LogP contribution is -2.20. The van der Waals surface area contributed by atoms with Gasteiger partial charge in [-0.15, -0.1) is 23.2 Å². The lowest BCUT2D eigenvalue weighted by atomic mass is 10.3. The SMILES string of the molecule is OCC(Cl)(Cl)CC(Cl)Cl. The molecule has 0 saturated carbocycles. The molecule has 0 saturated heterocycles. The van der Waals surface area contributed by atoms with Gasteiger partial charge in [0.25, 0.3) is 0 Å². The molecule has 0 rings (SSSR count). The fourth-order valence-corrected chi connectivity index (χ4v) is 1.44. The Morgan fingerprint density at radius 1 is 1.33 bits per heavy atom. The first kappa shape index (κ1) is 10.1. The predicted octanol–water partition coefficient (Wildman–Crippen LogP) is 2.35. The molecule has 0 heterocycles. The number of hydrogen-bond donors (Lipinski definition) is 1. The molecule has 1 N–H and O–H groups in total. The smallest absolute Gasteiger partial charge is 0.143 e. The van der Waals surface area contributed by atoms with Gasteiger partial charge in [-0.05, 0) is 0 Å². The van der Waals surface area contributed by atoms with Gasteiger partial charge in [0.1, 0.15) is 9.17 Å². The summed E-state index contributed by atoms with van der Waals surface area (Å²) >= 11 is 21.6. The quantitative estimate of drug-likeness (QED) is 0.711. The van der Waals surface area contributed by atoms with E-state index in [4.69, 9.17) is 51.5 Å². The molecule has 0 atom stereocenters. The highest BCUT2D eigenvalue weighted by Crippen LogP contribution is 2.29. The van der Waals surface area contributed by atoms with E-state index in [1.54, 1.807) is 0 Å². The number of aliphatic hydroxyl groups is 1. The molecular formula is C4H6Cl4O. The number of hydrogen-bond acceptors (Lipinski definition) is 1. The van der Waals surface area contributed by atoms with E-state index in [1.165, 1.54) is 0 Å². The van der Waals surface area contributed by atoms with Gasteiger partial charge in [-0.1, -0.05) is 23.2 Å². The zero-order valence-corrected chi connectivity index (χ0v) is 7.47. The van der Waals surface area contributed by atoms with Crippen molar-refractivity contribution in [3.63, 3.8) is 0 Å². The van der Waals surface area contributed by atoms with Crippen LogP contribution < -0.4 is 0 Å². The Balaban J connectivity index is 3.58. The van der Waals surface area contributed by atoms with Crippen molar-refractivity contribution in [1.29, 1.82) is 0 Å². The van der Waals surface area contributed by atoms with Crippen LogP contribution in [-0.4, -0.2) is 20.9 Å². The molecule has 0 aliphatic carbocycles. The molecule has 0 aromatic heterocycles. The summed E-state index contributed by atoms with van der Waals surface area (Å²) < 4.78 is -1.20. The number of aliphatic hydroxyl groups excluding tert-OH is 1. The monoisotopic (exact) mass is 210 g/mol. The van der Waals surface area contributed by atoms with Crippen LogP contribution in [-0.2, 0) is 0 Å². The first-order valence-electron chi connectivity index (χ1n) is 2.25. The third-order valence-corrected chi connectivity index (χ3v) is 1.54. The summed E-state index contributed by atoms with van der Waals surface area (Å²) in [5.41, 5.74) is 0. The van der Waals surface area contributed by atoms with E-state index in [1.807, 2.05) is 0 Å². The molecule has 0 aliphatic heterocycles. The van der Waals surface area contributed by atoms with Gasteiger partial charge in [0.15, 0.2) is 0 Å². The van der Waals surface area contributed by atoms with E-state index in [0.717, 1.165) is 0 Å². The summed E-state index contributed by atoms with van der Waals surface area (Å²) in [6.45, 7) is -0.341. The van der Waals surface area contributed by atoms with Crippen LogP contribution in [0.15, 0.2) is 0 Å². The van der Waals surface area contributed by atoms with Crippen LogP contribution >= 0.6 is 46.4 Å². The molecule has 0 bridgehead atoms. The van der Waals surface area contributed by atoms with E-state index in [2.05, 4.69) is 0 Å². The second-order valence-corrected chi connectivity index (χ2v) is 4.53. The zero-order chi connectivity index (χ0) is 7.49. The van der Waals surface area contributed by atoms with Crippen molar-refractivity contribution >= 4 is 46.4 Å². The number of alkyl halides is 4. The Bertz CT molecular complexity index is 82.6. The highest BCUT2D eigenvalue weighted by molar-refractivity contribution is 6.50. The summed E-state index contributed by atoms with van der Waals surface area (Å²) in [7, 11) is 0. The van der Waals surface area contributed by atoms with Gasteiger partial charge in [0.05, 0.1) is 6.61 Å². The minimum absolute atomic E-state index is 0.162. The molecule has 0 aromatic carbocycles. The average molecular weight is 212 g/mol. The molecule has 0 radical (unpaired) electrons. The zero-order valence-electron chi connectivity index (χ0n) is 4.45. The van der Waals surface area contributed by atoms with Crippen LogP contribution in [0.1, 0.15) is 6.42 Å². The van der Waals surface area contributed by atoms with Crippen molar-refractivity contribution in [3.05, 3.63) is 0 Å². The number of halogens is 4. The Morgan fingerprint density at radius 3 is 1.89 bits per heavy atom. The van der Waals surface area contributed by atoms with Crippen LogP contribution in [0.25, 0.3) is 0 Å². The van der Waals surface area contributed by atoms with Crippen LogP contribution in [0, 0.1) is 0 Å². The predicted molar refractivity (Wildman–Crippen MR) is 41.6 cm³/mol. The maximum absolute atomic E-state index is 8.46. The molecular weight excluding hydrogens is 206 g/mol. The van der Waals surface area contributed by atoms with Gasteiger partial charge in [-0.3, -0.25) is 0 Å². The molecule has 0 amide bonds. The fourth-order valence-electron chi connectivity index (χ4n) is 0.290. The molecule has 0 spiro atoms. The normalized spacial score (nSPS) is 12.7. The lowest BCUT2D eigenvalue weighted by molar-refractivity contribution is 0.276. The van der Waals surface area contributed by atoms with E-state index < -0.39 is 9.17 Å². The molecule has 0 unspecified atom stereocenters. The summed E-state index contributed by atoms with van der Waals surface area (Å²) in [5, 5.41) is 8.46. The highest BCUT2D eigenvalue weighted by Gasteiger charge is 2.25. The fraction of sp³-hybridized carbons (Fsp3) is 1.00. The maximum atomic E-state index is 8.46. The van der Waals surface area contributed by atoms with Crippen molar-refractivity contribution in [3.8, 4) is 0 Å². The Hall–Kier alpha value is 1.12. The summed E-state index contributed by atoms with van der Waals surface area (Å²) in [5.74, 6) is 0. The molecule has 9 heavy (non-hydrogen) atoms. The van der Waals surface area contributed by atoms with Gasteiger partial charge < -0.3 is 5.11 Å². The summed E-state index contributed by atoms with van der Waals surface area (Å²) in [4.78, 5) is -0.632. The van der Waals surface area contributed by atoms with Crippen molar-refractivity contribution in [2.45, 2.75) is 15.6 Å². The van der Waals surface area contributed by atoms with Gasteiger partial charge in [-0.25, -0.2) is 0 Å².